The fraction of sp³-hybridized carbons (Fsp3) is 0.222. The normalized spacial score (nSPS) is 13.1. The Labute approximate surface area is 158 Å². The molecule has 0 radical (unpaired) electrons. The number of hydrogen-bond acceptors (Lipinski definition) is 8. The Hall–Kier alpha value is -2.91. The van der Waals surface area contributed by atoms with E-state index >= 15 is 0 Å². The van der Waals surface area contributed by atoms with Crippen LogP contribution in [0.2, 0.25) is 0 Å². The molecule has 1 aliphatic heterocycles. The molecule has 3 aromatic rings. The molecule has 0 saturated carbocycles. The molecule has 0 amide bonds. The van der Waals surface area contributed by atoms with Crippen LogP contribution in [-0.2, 0) is 17.1 Å². The average Bonchev–Trinajstić information content (AvgIpc) is 3.15. The van der Waals surface area contributed by atoms with Gasteiger partial charge in [0.2, 0.25) is 5.89 Å². The Kier molecular flexibility index (Phi) is 4.78. The Bertz CT molecular complexity index is 1000. The van der Waals surface area contributed by atoms with Crippen molar-refractivity contribution < 1.29 is 18.8 Å². The third-order valence-electron chi connectivity index (χ3n) is 4.01. The van der Waals surface area contributed by atoms with Crippen LogP contribution in [0.15, 0.2) is 46.0 Å². The van der Waals surface area contributed by atoms with E-state index in [1.807, 2.05) is 31.2 Å². The van der Waals surface area contributed by atoms with E-state index in [1.165, 1.54) is 23.9 Å². The number of thioether (sulfide) groups is 1. The molecule has 2 aromatic carbocycles. The van der Waals surface area contributed by atoms with Gasteiger partial charge in [-0.2, -0.15) is 0 Å². The zero-order chi connectivity index (χ0) is 18.8. The van der Waals surface area contributed by atoms with Gasteiger partial charge in [0.05, 0.1) is 11.5 Å². The van der Waals surface area contributed by atoms with Gasteiger partial charge in [0, 0.05) is 34.6 Å². The number of non-ortho nitro benzene ring substituents is 1. The number of ether oxygens (including phenoxy) is 2. The first-order valence-electron chi connectivity index (χ1n) is 8.14. The molecule has 9 heteroatoms. The summed E-state index contributed by atoms with van der Waals surface area (Å²) in [5.41, 5.74) is 3.31. The maximum atomic E-state index is 11.2. The molecule has 0 atom stereocenters. The lowest BCUT2D eigenvalue weighted by molar-refractivity contribution is -0.385. The number of nitro benzene ring substituents is 1. The first kappa shape index (κ1) is 17.5. The summed E-state index contributed by atoms with van der Waals surface area (Å²) in [5.74, 6) is 1.46. The molecule has 4 rings (SSSR count). The number of fused-ring (bicyclic) bond motifs is 1. The standard InChI is InChI=1S/C18H15N3O5S/c1-11-3-2-4-12(5-11)17-19-20-18(26-17)27-9-14-7-15(21(22)23)6-13-8-24-10-25-16(13)14/h2-7H,8-10H2,1H3. The van der Waals surface area contributed by atoms with E-state index < -0.39 is 4.92 Å². The SMILES string of the molecule is Cc1cccc(-c2nnc(SCc3cc([N+](=O)[O-])cc4c3OCOC4)o2)c1. The second-order valence-electron chi connectivity index (χ2n) is 5.99. The van der Waals surface area contributed by atoms with Gasteiger partial charge < -0.3 is 13.9 Å². The summed E-state index contributed by atoms with van der Waals surface area (Å²) in [6.07, 6.45) is 0. The summed E-state index contributed by atoms with van der Waals surface area (Å²) >= 11 is 1.30. The van der Waals surface area contributed by atoms with Crippen LogP contribution in [0.25, 0.3) is 11.5 Å². The summed E-state index contributed by atoms with van der Waals surface area (Å²) in [5, 5.41) is 19.7. The predicted molar refractivity (Wildman–Crippen MR) is 97.4 cm³/mol. The Morgan fingerprint density at radius 2 is 2.15 bits per heavy atom. The molecule has 0 N–H and O–H groups in total. The van der Waals surface area contributed by atoms with E-state index in [0.717, 1.165) is 11.1 Å². The summed E-state index contributed by atoms with van der Waals surface area (Å²) in [4.78, 5) is 10.8. The maximum Gasteiger partial charge on any atom is 0.277 e. The maximum absolute atomic E-state index is 11.2. The van der Waals surface area contributed by atoms with Crippen LogP contribution in [-0.4, -0.2) is 21.9 Å². The van der Waals surface area contributed by atoms with Crippen molar-refractivity contribution in [3.05, 3.63) is 63.2 Å². The Balaban J connectivity index is 1.55. The van der Waals surface area contributed by atoms with Gasteiger partial charge in [-0.3, -0.25) is 10.1 Å². The highest BCUT2D eigenvalue weighted by molar-refractivity contribution is 7.98. The Morgan fingerprint density at radius 1 is 1.26 bits per heavy atom. The van der Waals surface area contributed by atoms with Crippen LogP contribution < -0.4 is 4.74 Å². The minimum absolute atomic E-state index is 0.00410. The third-order valence-corrected chi connectivity index (χ3v) is 4.87. The van der Waals surface area contributed by atoms with Crippen LogP contribution in [0, 0.1) is 17.0 Å². The van der Waals surface area contributed by atoms with Gasteiger partial charge in [-0.1, -0.05) is 29.5 Å². The predicted octanol–water partition coefficient (Wildman–Crippen LogP) is 4.11. The minimum Gasteiger partial charge on any atom is -0.467 e. The van der Waals surface area contributed by atoms with Crippen LogP contribution >= 0.6 is 11.8 Å². The van der Waals surface area contributed by atoms with E-state index in [9.17, 15) is 10.1 Å². The molecule has 0 aliphatic carbocycles. The summed E-state index contributed by atoms with van der Waals surface area (Å²) in [6, 6.07) is 10.8. The number of aryl methyl sites for hydroxylation is 1. The van der Waals surface area contributed by atoms with Crippen molar-refractivity contribution in [1.82, 2.24) is 10.2 Å². The van der Waals surface area contributed by atoms with E-state index in [0.29, 0.717) is 33.7 Å². The molecule has 8 nitrogen and oxygen atoms in total. The first-order chi connectivity index (χ1) is 13.1. The summed E-state index contributed by atoms with van der Waals surface area (Å²) < 4.78 is 16.5. The highest BCUT2D eigenvalue weighted by Gasteiger charge is 2.21. The second kappa shape index (κ2) is 7.37. The molecule has 0 bridgehead atoms. The molecule has 0 unspecified atom stereocenters. The molecule has 0 fully saturated rings. The van der Waals surface area contributed by atoms with Crippen LogP contribution in [0.1, 0.15) is 16.7 Å². The molecule has 1 aliphatic rings. The number of benzene rings is 2. The average molecular weight is 385 g/mol. The quantitative estimate of drug-likeness (QED) is 0.367. The van der Waals surface area contributed by atoms with E-state index in [-0.39, 0.29) is 19.1 Å². The van der Waals surface area contributed by atoms with Crippen molar-refractivity contribution in [3.63, 3.8) is 0 Å². The van der Waals surface area contributed by atoms with Crippen molar-refractivity contribution in [2.75, 3.05) is 6.79 Å². The van der Waals surface area contributed by atoms with Gasteiger partial charge in [-0.25, -0.2) is 0 Å². The lowest BCUT2D eigenvalue weighted by Gasteiger charge is -2.20. The number of nitro groups is 1. The summed E-state index contributed by atoms with van der Waals surface area (Å²) in [6.45, 7) is 2.40. The minimum atomic E-state index is -0.425. The lowest BCUT2D eigenvalue weighted by atomic mass is 10.1. The molecule has 0 spiro atoms. The monoisotopic (exact) mass is 385 g/mol. The topological polar surface area (TPSA) is 101 Å². The van der Waals surface area contributed by atoms with E-state index in [1.54, 1.807) is 0 Å². The molecule has 2 heterocycles. The highest BCUT2D eigenvalue weighted by Crippen LogP contribution is 2.36. The highest BCUT2D eigenvalue weighted by atomic mass is 32.2. The van der Waals surface area contributed by atoms with Crippen LogP contribution in [0.5, 0.6) is 5.75 Å². The molecule has 0 saturated heterocycles. The van der Waals surface area contributed by atoms with E-state index in [4.69, 9.17) is 13.9 Å². The number of rotatable bonds is 5. The van der Waals surface area contributed by atoms with Gasteiger partial charge in [-0.15, -0.1) is 10.2 Å². The number of aromatic nitrogens is 2. The Morgan fingerprint density at radius 3 is 2.96 bits per heavy atom. The van der Waals surface area contributed by atoms with Crippen molar-refractivity contribution in [3.8, 4) is 17.2 Å². The van der Waals surface area contributed by atoms with Crippen molar-refractivity contribution in [1.29, 1.82) is 0 Å². The number of nitrogens with zero attached hydrogens (tertiary/aromatic N) is 3. The largest absolute Gasteiger partial charge is 0.467 e. The second-order valence-corrected chi connectivity index (χ2v) is 6.92. The van der Waals surface area contributed by atoms with Crippen LogP contribution in [0.4, 0.5) is 5.69 Å². The van der Waals surface area contributed by atoms with Gasteiger partial charge in [-0.05, 0) is 19.1 Å². The zero-order valence-corrected chi connectivity index (χ0v) is 15.2. The van der Waals surface area contributed by atoms with Crippen molar-refractivity contribution >= 4 is 17.4 Å². The van der Waals surface area contributed by atoms with Gasteiger partial charge in [0.1, 0.15) is 5.75 Å². The van der Waals surface area contributed by atoms with Gasteiger partial charge in [0.25, 0.3) is 10.9 Å². The first-order valence-corrected chi connectivity index (χ1v) is 9.13. The van der Waals surface area contributed by atoms with Gasteiger partial charge in [0.15, 0.2) is 6.79 Å². The van der Waals surface area contributed by atoms with Crippen molar-refractivity contribution in [2.24, 2.45) is 0 Å². The smallest absolute Gasteiger partial charge is 0.277 e. The van der Waals surface area contributed by atoms with Gasteiger partial charge >= 0.3 is 0 Å². The van der Waals surface area contributed by atoms with E-state index in [2.05, 4.69) is 10.2 Å². The molecular weight excluding hydrogens is 370 g/mol. The molecule has 27 heavy (non-hydrogen) atoms. The molecular formula is C18H15N3O5S. The lowest BCUT2D eigenvalue weighted by Crippen LogP contribution is -2.13. The summed E-state index contributed by atoms with van der Waals surface area (Å²) in [7, 11) is 0. The van der Waals surface area contributed by atoms with Crippen LogP contribution in [0.3, 0.4) is 0 Å². The molecule has 138 valence electrons. The molecule has 1 aromatic heterocycles. The third kappa shape index (κ3) is 3.79. The zero-order valence-electron chi connectivity index (χ0n) is 14.4. The fourth-order valence-electron chi connectivity index (χ4n) is 2.80. The fourth-order valence-corrected chi connectivity index (χ4v) is 3.53. The van der Waals surface area contributed by atoms with Crippen molar-refractivity contribution in [2.45, 2.75) is 24.5 Å². The number of hydrogen-bond donors (Lipinski definition) is 0.